The molecule has 0 saturated heterocycles. The minimum absolute atomic E-state index is 0.0345. The van der Waals surface area contributed by atoms with Crippen LogP contribution in [0.2, 0.25) is 0 Å². The van der Waals surface area contributed by atoms with E-state index in [1.54, 1.807) is 27.7 Å². The smallest absolute Gasteiger partial charge is 0.387 e. The van der Waals surface area contributed by atoms with E-state index in [4.69, 9.17) is 4.74 Å². The molecule has 0 atom stereocenters. The van der Waals surface area contributed by atoms with E-state index < -0.39 is 35.0 Å². The summed E-state index contributed by atoms with van der Waals surface area (Å²) in [4.78, 5) is 24.8. The Balaban J connectivity index is 2.21. The largest absolute Gasteiger partial charge is 0.454 e. The van der Waals surface area contributed by atoms with Crippen LogP contribution in [0.25, 0.3) is 0 Å². The van der Waals surface area contributed by atoms with Gasteiger partial charge in [-0.25, -0.2) is 17.9 Å². The number of carbonyl (C=O) groups excluding carboxylic acids is 2. The van der Waals surface area contributed by atoms with Gasteiger partial charge in [0.05, 0.1) is 16.0 Å². The highest BCUT2D eigenvalue weighted by Gasteiger charge is 2.22. The van der Waals surface area contributed by atoms with Crippen molar-refractivity contribution in [1.82, 2.24) is 4.72 Å². The maximum Gasteiger partial charge on any atom is 0.387 e. The van der Waals surface area contributed by atoms with Crippen molar-refractivity contribution in [1.29, 1.82) is 0 Å². The summed E-state index contributed by atoms with van der Waals surface area (Å²) >= 11 is 0. The lowest BCUT2D eigenvalue weighted by molar-refractivity contribution is -0.0502. The summed E-state index contributed by atoms with van der Waals surface area (Å²) in [5.41, 5.74) is 0.885. The topological polar surface area (TPSA) is 98.8 Å². The van der Waals surface area contributed by atoms with Crippen molar-refractivity contribution in [3.8, 4) is 5.75 Å². The molecule has 0 spiro atoms. The molecule has 0 saturated carbocycles. The molecule has 2 rings (SSSR count). The number of carbonyl (C=O) groups is 2. The van der Waals surface area contributed by atoms with Gasteiger partial charge in [-0.15, -0.1) is 0 Å². The number of hydrogen-bond acceptors (Lipinski definition) is 6. The minimum atomic E-state index is -3.84. The van der Waals surface area contributed by atoms with Crippen LogP contribution in [0.4, 0.5) is 8.78 Å². The first kappa shape index (κ1) is 24.4. The average molecular weight is 455 g/mol. The molecule has 10 heteroatoms. The SMILES string of the molecule is Cc1ccc(OC(F)F)c(C(=O)COC(=O)c2cc(S(=O)(=O)NC(C)C)ccc2C)c1. The fourth-order valence-corrected chi connectivity index (χ4v) is 3.99. The average Bonchev–Trinajstić information content (AvgIpc) is 2.66. The summed E-state index contributed by atoms with van der Waals surface area (Å²) in [7, 11) is -3.84. The van der Waals surface area contributed by atoms with Crippen molar-refractivity contribution in [2.75, 3.05) is 6.61 Å². The van der Waals surface area contributed by atoms with Gasteiger partial charge in [-0.3, -0.25) is 4.79 Å². The molecule has 0 unspecified atom stereocenters. The number of hydrogen-bond donors (Lipinski definition) is 1. The molecule has 2 aromatic carbocycles. The Hall–Kier alpha value is -2.85. The predicted octanol–water partition coefficient (Wildman–Crippen LogP) is 3.63. The molecule has 0 heterocycles. The Morgan fingerprint density at radius 1 is 1.03 bits per heavy atom. The van der Waals surface area contributed by atoms with Gasteiger partial charge in [0.1, 0.15) is 5.75 Å². The van der Waals surface area contributed by atoms with E-state index in [9.17, 15) is 26.8 Å². The third-order valence-corrected chi connectivity index (χ3v) is 5.77. The first-order valence-corrected chi connectivity index (χ1v) is 10.8. The van der Waals surface area contributed by atoms with Crippen molar-refractivity contribution in [3.63, 3.8) is 0 Å². The van der Waals surface area contributed by atoms with Crippen LogP contribution in [-0.4, -0.2) is 39.4 Å². The number of benzene rings is 2. The lowest BCUT2D eigenvalue weighted by Crippen LogP contribution is -2.30. The number of sulfonamides is 1. The second-order valence-corrected chi connectivity index (χ2v) is 8.84. The van der Waals surface area contributed by atoms with E-state index in [1.165, 1.54) is 30.3 Å². The van der Waals surface area contributed by atoms with Crippen molar-refractivity contribution in [3.05, 3.63) is 58.7 Å². The molecular weight excluding hydrogens is 432 g/mol. The molecule has 2 aromatic rings. The van der Waals surface area contributed by atoms with Crippen molar-refractivity contribution in [2.24, 2.45) is 0 Å². The number of alkyl halides is 2. The van der Waals surface area contributed by atoms with Crippen LogP contribution in [0.15, 0.2) is 41.3 Å². The summed E-state index contributed by atoms with van der Waals surface area (Å²) in [6, 6.07) is 7.69. The molecule has 0 bridgehead atoms. The normalized spacial score (nSPS) is 11.6. The van der Waals surface area contributed by atoms with E-state index in [0.29, 0.717) is 11.1 Å². The van der Waals surface area contributed by atoms with Crippen molar-refractivity contribution in [2.45, 2.75) is 45.2 Å². The Morgan fingerprint density at radius 3 is 2.32 bits per heavy atom. The zero-order chi connectivity index (χ0) is 23.3. The molecule has 0 aliphatic carbocycles. The summed E-state index contributed by atoms with van der Waals surface area (Å²) < 4.78 is 61.6. The molecule has 0 fully saturated rings. The van der Waals surface area contributed by atoms with Gasteiger partial charge in [0.25, 0.3) is 0 Å². The molecule has 0 amide bonds. The zero-order valence-corrected chi connectivity index (χ0v) is 18.3. The van der Waals surface area contributed by atoms with Crippen LogP contribution >= 0.6 is 0 Å². The van der Waals surface area contributed by atoms with E-state index in [0.717, 1.165) is 6.07 Å². The molecule has 7 nitrogen and oxygen atoms in total. The van der Waals surface area contributed by atoms with Crippen LogP contribution in [0.3, 0.4) is 0 Å². The minimum Gasteiger partial charge on any atom is -0.454 e. The first-order chi connectivity index (χ1) is 14.4. The molecule has 0 radical (unpaired) electrons. The molecule has 0 aliphatic heterocycles. The van der Waals surface area contributed by atoms with Gasteiger partial charge in [0, 0.05) is 6.04 Å². The monoisotopic (exact) mass is 455 g/mol. The van der Waals surface area contributed by atoms with Crippen LogP contribution in [0, 0.1) is 13.8 Å². The Labute approximate surface area is 179 Å². The van der Waals surface area contributed by atoms with Crippen LogP contribution in [-0.2, 0) is 14.8 Å². The molecule has 0 aliphatic rings. The van der Waals surface area contributed by atoms with Gasteiger partial charge in [-0.05, 0) is 57.5 Å². The Morgan fingerprint density at radius 2 is 1.71 bits per heavy atom. The summed E-state index contributed by atoms with van der Waals surface area (Å²) in [5, 5.41) is 0. The predicted molar refractivity (Wildman–Crippen MR) is 109 cm³/mol. The molecule has 168 valence electrons. The van der Waals surface area contributed by atoms with Gasteiger partial charge in [0.2, 0.25) is 15.8 Å². The van der Waals surface area contributed by atoms with Gasteiger partial charge in [-0.2, -0.15) is 8.78 Å². The lowest BCUT2D eigenvalue weighted by Gasteiger charge is -2.13. The summed E-state index contributed by atoms with van der Waals surface area (Å²) in [6.07, 6.45) is 0. The number of esters is 1. The molecular formula is C21H23F2NO6S. The first-order valence-electron chi connectivity index (χ1n) is 9.29. The summed E-state index contributed by atoms with van der Waals surface area (Å²) in [6.45, 7) is 2.70. The second-order valence-electron chi connectivity index (χ2n) is 7.13. The fraction of sp³-hybridized carbons (Fsp3) is 0.333. The zero-order valence-electron chi connectivity index (χ0n) is 17.4. The van der Waals surface area contributed by atoms with E-state index >= 15 is 0 Å². The van der Waals surface area contributed by atoms with Crippen LogP contribution in [0.1, 0.15) is 45.7 Å². The van der Waals surface area contributed by atoms with Crippen molar-refractivity contribution < 1.29 is 36.3 Å². The van der Waals surface area contributed by atoms with Gasteiger partial charge < -0.3 is 9.47 Å². The fourth-order valence-electron chi connectivity index (χ4n) is 2.71. The highest BCUT2D eigenvalue weighted by Crippen LogP contribution is 2.23. The third kappa shape index (κ3) is 6.56. The van der Waals surface area contributed by atoms with Gasteiger partial charge in [-0.1, -0.05) is 17.7 Å². The third-order valence-electron chi connectivity index (χ3n) is 4.12. The number of ether oxygens (including phenoxy) is 2. The van der Waals surface area contributed by atoms with Gasteiger partial charge >= 0.3 is 12.6 Å². The number of nitrogens with one attached hydrogen (secondary N) is 1. The maximum atomic E-state index is 12.6. The van der Waals surface area contributed by atoms with Gasteiger partial charge in [0.15, 0.2) is 6.61 Å². The standard InChI is InChI=1S/C21H23F2NO6S/c1-12(2)24-31(27,28)15-7-6-14(4)16(10-15)20(26)29-11-18(25)17-9-13(3)5-8-19(17)30-21(22)23/h5-10,12,21,24H,11H2,1-4H3. The quantitative estimate of drug-likeness (QED) is 0.458. The Bertz CT molecular complexity index is 1080. The number of halogens is 2. The summed E-state index contributed by atoms with van der Waals surface area (Å²) in [5.74, 6) is -1.99. The molecule has 31 heavy (non-hydrogen) atoms. The highest BCUT2D eigenvalue weighted by atomic mass is 32.2. The lowest BCUT2D eigenvalue weighted by atomic mass is 10.1. The van der Waals surface area contributed by atoms with E-state index in [2.05, 4.69) is 9.46 Å². The highest BCUT2D eigenvalue weighted by molar-refractivity contribution is 7.89. The number of Topliss-reactive ketones (excluding diaryl/α,β-unsaturated/α-hetero) is 1. The van der Waals surface area contributed by atoms with Crippen LogP contribution in [0.5, 0.6) is 5.75 Å². The molecule has 1 N–H and O–H groups in total. The maximum absolute atomic E-state index is 12.6. The molecule has 0 aromatic heterocycles. The Kier molecular flexibility index (Phi) is 7.85. The van der Waals surface area contributed by atoms with E-state index in [-0.39, 0.29) is 27.8 Å². The number of rotatable bonds is 9. The van der Waals surface area contributed by atoms with Crippen molar-refractivity contribution >= 4 is 21.8 Å². The van der Waals surface area contributed by atoms with Crippen LogP contribution < -0.4 is 9.46 Å². The second kappa shape index (κ2) is 9.97. The number of ketones is 1. The van der Waals surface area contributed by atoms with E-state index in [1.807, 2.05) is 0 Å². The number of aryl methyl sites for hydroxylation is 2.